The fraction of sp³-hybridized carbons (Fsp3) is 0.600. The number of aliphatic hydroxyl groups is 1. The summed E-state index contributed by atoms with van der Waals surface area (Å²) in [6.45, 7) is 2.14. The van der Waals surface area contributed by atoms with E-state index in [4.69, 9.17) is 5.11 Å². The lowest BCUT2D eigenvalue weighted by atomic mass is 9.90. The fourth-order valence-corrected chi connectivity index (χ4v) is 2.81. The molecule has 0 fully saturated rings. The van der Waals surface area contributed by atoms with E-state index in [1.807, 2.05) is 30.4 Å². The summed E-state index contributed by atoms with van der Waals surface area (Å²) in [5, 5.41) is 18.5. The van der Waals surface area contributed by atoms with Gasteiger partial charge in [-0.3, -0.25) is 9.59 Å². The van der Waals surface area contributed by atoms with Crippen molar-refractivity contribution in [3.05, 3.63) is 36.5 Å². The summed E-state index contributed by atoms with van der Waals surface area (Å²) < 4.78 is 0. The van der Waals surface area contributed by atoms with E-state index in [9.17, 15) is 14.7 Å². The van der Waals surface area contributed by atoms with Crippen molar-refractivity contribution in [1.29, 1.82) is 0 Å². The average Bonchev–Trinajstić information content (AvgIpc) is 2.89. The van der Waals surface area contributed by atoms with Crippen LogP contribution in [-0.2, 0) is 9.59 Å². The lowest BCUT2D eigenvalue weighted by molar-refractivity contribution is -0.137. The Hall–Kier alpha value is -1.68. The van der Waals surface area contributed by atoms with Crippen LogP contribution in [-0.4, -0.2) is 28.1 Å². The summed E-state index contributed by atoms with van der Waals surface area (Å²) >= 11 is 0. The van der Waals surface area contributed by atoms with Crippen LogP contribution in [0.5, 0.6) is 0 Å². The average molecular weight is 334 g/mol. The molecule has 0 aromatic heterocycles. The van der Waals surface area contributed by atoms with Gasteiger partial charge in [0.05, 0.1) is 6.10 Å². The fourth-order valence-electron chi connectivity index (χ4n) is 2.81. The minimum Gasteiger partial charge on any atom is -0.481 e. The third-order valence-electron chi connectivity index (χ3n) is 4.29. The standard InChI is InChI=1S/C20H30O4/c1-2-3-6-9-17(21)14-12-16-13-15-19(22)18(16)10-7-4-5-8-11-20(23)24/h4,7,12-18,21H,2-3,5-6,8-11H2,1H3,(H,23,24). The van der Waals surface area contributed by atoms with Crippen LogP contribution in [0.4, 0.5) is 0 Å². The van der Waals surface area contributed by atoms with Crippen molar-refractivity contribution in [3.63, 3.8) is 0 Å². The number of hydrogen-bond donors (Lipinski definition) is 2. The van der Waals surface area contributed by atoms with E-state index in [-0.39, 0.29) is 24.0 Å². The molecule has 0 saturated carbocycles. The van der Waals surface area contributed by atoms with Crippen LogP contribution in [0.3, 0.4) is 0 Å². The molecule has 0 saturated heterocycles. The van der Waals surface area contributed by atoms with Crippen molar-refractivity contribution in [2.45, 2.75) is 64.4 Å². The smallest absolute Gasteiger partial charge is 0.303 e. The van der Waals surface area contributed by atoms with Gasteiger partial charge in [0.15, 0.2) is 5.78 Å². The number of unbranched alkanes of at least 4 members (excludes halogenated alkanes) is 3. The Balaban J connectivity index is 2.38. The van der Waals surface area contributed by atoms with Gasteiger partial charge < -0.3 is 10.2 Å². The monoisotopic (exact) mass is 334 g/mol. The number of allylic oxidation sites excluding steroid dienone is 5. The van der Waals surface area contributed by atoms with Crippen molar-refractivity contribution < 1.29 is 19.8 Å². The summed E-state index contributed by atoms with van der Waals surface area (Å²) in [6.07, 6.45) is 17.0. The summed E-state index contributed by atoms with van der Waals surface area (Å²) in [7, 11) is 0. The highest BCUT2D eigenvalue weighted by Crippen LogP contribution is 2.27. The second-order valence-corrected chi connectivity index (χ2v) is 6.39. The first-order valence-corrected chi connectivity index (χ1v) is 8.99. The maximum Gasteiger partial charge on any atom is 0.303 e. The van der Waals surface area contributed by atoms with Crippen molar-refractivity contribution in [1.82, 2.24) is 0 Å². The van der Waals surface area contributed by atoms with Gasteiger partial charge in [-0.05, 0) is 31.8 Å². The minimum atomic E-state index is -0.777. The lowest BCUT2D eigenvalue weighted by Gasteiger charge is -2.13. The van der Waals surface area contributed by atoms with E-state index in [1.54, 1.807) is 6.08 Å². The Morgan fingerprint density at radius 3 is 2.79 bits per heavy atom. The number of ketones is 1. The molecule has 1 aliphatic carbocycles. The van der Waals surface area contributed by atoms with Gasteiger partial charge in [-0.1, -0.05) is 56.6 Å². The predicted molar refractivity (Wildman–Crippen MR) is 95.7 cm³/mol. The zero-order chi connectivity index (χ0) is 17.8. The van der Waals surface area contributed by atoms with Crippen molar-refractivity contribution in [2.24, 2.45) is 11.8 Å². The quantitative estimate of drug-likeness (QED) is 0.417. The van der Waals surface area contributed by atoms with Crippen LogP contribution in [0.25, 0.3) is 0 Å². The van der Waals surface area contributed by atoms with Crippen LogP contribution < -0.4 is 0 Å². The summed E-state index contributed by atoms with van der Waals surface area (Å²) in [6, 6.07) is 0. The van der Waals surface area contributed by atoms with Gasteiger partial charge in [-0.25, -0.2) is 0 Å². The minimum absolute atomic E-state index is 0.0435. The zero-order valence-corrected chi connectivity index (χ0v) is 14.6. The molecule has 0 bridgehead atoms. The van der Waals surface area contributed by atoms with Gasteiger partial charge in [0.2, 0.25) is 0 Å². The maximum absolute atomic E-state index is 12.0. The molecule has 1 aliphatic rings. The van der Waals surface area contributed by atoms with Gasteiger partial charge >= 0.3 is 5.97 Å². The zero-order valence-electron chi connectivity index (χ0n) is 14.6. The third-order valence-corrected chi connectivity index (χ3v) is 4.29. The number of aliphatic carboxylic acids is 1. The molecule has 0 heterocycles. The molecule has 0 aromatic carbocycles. The second kappa shape index (κ2) is 11.8. The number of rotatable bonds is 12. The van der Waals surface area contributed by atoms with E-state index in [0.29, 0.717) is 12.8 Å². The Morgan fingerprint density at radius 2 is 2.08 bits per heavy atom. The second-order valence-electron chi connectivity index (χ2n) is 6.39. The number of carboxylic acids is 1. The van der Waals surface area contributed by atoms with E-state index in [0.717, 1.165) is 32.1 Å². The Kier molecular flexibility index (Phi) is 10.0. The molecule has 0 aromatic rings. The molecule has 4 heteroatoms. The molecule has 4 nitrogen and oxygen atoms in total. The molecule has 3 atom stereocenters. The molecule has 134 valence electrons. The lowest BCUT2D eigenvalue weighted by Crippen LogP contribution is -2.14. The number of hydrogen-bond acceptors (Lipinski definition) is 3. The highest BCUT2D eigenvalue weighted by atomic mass is 16.4. The van der Waals surface area contributed by atoms with Crippen LogP contribution in [0, 0.1) is 11.8 Å². The molecule has 0 aliphatic heterocycles. The first-order valence-electron chi connectivity index (χ1n) is 8.99. The molecule has 3 unspecified atom stereocenters. The number of carboxylic acid groups (broad SMARTS) is 1. The first-order chi connectivity index (χ1) is 11.5. The van der Waals surface area contributed by atoms with Gasteiger partial charge in [0.1, 0.15) is 0 Å². The topological polar surface area (TPSA) is 74.6 Å². The summed E-state index contributed by atoms with van der Waals surface area (Å²) in [4.78, 5) is 22.4. The molecule has 24 heavy (non-hydrogen) atoms. The molecule has 0 radical (unpaired) electrons. The van der Waals surface area contributed by atoms with Gasteiger partial charge in [0.25, 0.3) is 0 Å². The molecule has 1 rings (SSSR count). The largest absolute Gasteiger partial charge is 0.481 e. The van der Waals surface area contributed by atoms with Crippen LogP contribution in [0.2, 0.25) is 0 Å². The number of carbonyl (C=O) groups is 2. The van der Waals surface area contributed by atoms with Crippen LogP contribution in [0.15, 0.2) is 36.5 Å². The normalized spacial score (nSPS) is 22.0. The van der Waals surface area contributed by atoms with Gasteiger partial charge in [0, 0.05) is 18.3 Å². The molecule has 2 N–H and O–H groups in total. The SMILES string of the molecule is CCCCCC(O)C=CC1C=CC(=O)C1CC=CCCCC(=O)O. The number of aliphatic hydroxyl groups excluding tert-OH is 1. The number of carbonyl (C=O) groups excluding carboxylic acids is 1. The van der Waals surface area contributed by atoms with E-state index < -0.39 is 12.1 Å². The van der Waals surface area contributed by atoms with E-state index >= 15 is 0 Å². The van der Waals surface area contributed by atoms with Crippen LogP contribution in [0.1, 0.15) is 58.3 Å². The van der Waals surface area contributed by atoms with Gasteiger partial charge in [-0.15, -0.1) is 0 Å². The van der Waals surface area contributed by atoms with Crippen molar-refractivity contribution >= 4 is 11.8 Å². The maximum atomic E-state index is 12.0. The molecule has 0 amide bonds. The highest BCUT2D eigenvalue weighted by molar-refractivity contribution is 5.95. The Bertz CT molecular complexity index is 476. The van der Waals surface area contributed by atoms with E-state index in [1.165, 1.54) is 0 Å². The summed E-state index contributed by atoms with van der Waals surface area (Å²) in [5.41, 5.74) is 0. The van der Waals surface area contributed by atoms with Crippen LogP contribution >= 0.6 is 0 Å². The van der Waals surface area contributed by atoms with E-state index in [2.05, 4.69) is 6.92 Å². The van der Waals surface area contributed by atoms with Crippen molar-refractivity contribution in [3.8, 4) is 0 Å². The van der Waals surface area contributed by atoms with Crippen molar-refractivity contribution in [2.75, 3.05) is 0 Å². The molecular weight excluding hydrogens is 304 g/mol. The van der Waals surface area contributed by atoms with Gasteiger partial charge in [-0.2, -0.15) is 0 Å². The first kappa shape index (κ1) is 20.4. The Morgan fingerprint density at radius 1 is 1.29 bits per heavy atom. The third kappa shape index (κ3) is 8.25. The summed E-state index contributed by atoms with van der Waals surface area (Å²) in [5.74, 6) is -0.705. The predicted octanol–water partition coefficient (Wildman–Crippen LogP) is 4.06. The molecular formula is C20H30O4. The highest BCUT2D eigenvalue weighted by Gasteiger charge is 2.27. The Labute approximate surface area is 145 Å². The molecule has 0 spiro atoms.